The molecule has 2 aliphatic rings. The van der Waals surface area contributed by atoms with Crippen molar-refractivity contribution in [2.75, 3.05) is 19.1 Å². The first-order valence-corrected chi connectivity index (χ1v) is 13.8. The third-order valence-electron chi connectivity index (χ3n) is 8.35. The Balaban J connectivity index is 1.63. The van der Waals surface area contributed by atoms with Crippen molar-refractivity contribution in [2.24, 2.45) is 0 Å². The van der Waals surface area contributed by atoms with Crippen LogP contribution < -0.4 is 9.64 Å². The summed E-state index contributed by atoms with van der Waals surface area (Å²) in [6, 6.07) is 23.5. The molecular formula is C33H38N2O3. The number of fused-ring (bicyclic) bond motifs is 1. The SMILES string of the molecule is COc1ccc([C@@H]2[C@@H](C(=O)N(C)c3ccc(C(C)C)cc3)c3ccccc3C(=O)N2C2CCCCC2)cc1. The van der Waals surface area contributed by atoms with Crippen molar-refractivity contribution in [3.63, 3.8) is 0 Å². The molecule has 0 unspecified atom stereocenters. The second kappa shape index (κ2) is 11.0. The molecule has 0 N–H and O–H groups in total. The lowest BCUT2D eigenvalue weighted by atomic mass is 9.77. The van der Waals surface area contributed by atoms with Crippen LogP contribution in [0.15, 0.2) is 72.8 Å². The highest BCUT2D eigenvalue weighted by atomic mass is 16.5. The van der Waals surface area contributed by atoms with Gasteiger partial charge in [0, 0.05) is 24.3 Å². The lowest BCUT2D eigenvalue weighted by molar-refractivity contribution is -0.121. The highest BCUT2D eigenvalue weighted by Gasteiger charge is 2.47. The Morgan fingerprint density at radius 3 is 2.21 bits per heavy atom. The molecule has 0 aromatic heterocycles. The maximum absolute atomic E-state index is 14.5. The molecule has 5 nitrogen and oxygen atoms in total. The van der Waals surface area contributed by atoms with Gasteiger partial charge in [-0.15, -0.1) is 0 Å². The summed E-state index contributed by atoms with van der Waals surface area (Å²) in [6.07, 6.45) is 5.33. The summed E-state index contributed by atoms with van der Waals surface area (Å²) >= 11 is 0. The van der Waals surface area contributed by atoms with Crippen molar-refractivity contribution in [2.45, 2.75) is 69.9 Å². The molecular weight excluding hydrogens is 472 g/mol. The van der Waals surface area contributed by atoms with Crippen molar-refractivity contribution < 1.29 is 14.3 Å². The number of benzene rings is 3. The summed E-state index contributed by atoms with van der Waals surface area (Å²) < 4.78 is 5.42. The van der Waals surface area contributed by atoms with Crippen LogP contribution >= 0.6 is 0 Å². The van der Waals surface area contributed by atoms with E-state index in [1.165, 1.54) is 12.0 Å². The molecule has 0 bridgehead atoms. The monoisotopic (exact) mass is 510 g/mol. The van der Waals surface area contributed by atoms with Gasteiger partial charge in [0.05, 0.1) is 19.1 Å². The van der Waals surface area contributed by atoms with Crippen LogP contribution in [0.1, 0.15) is 90.9 Å². The second-order valence-electron chi connectivity index (χ2n) is 10.9. The average molecular weight is 511 g/mol. The minimum atomic E-state index is -0.519. The summed E-state index contributed by atoms with van der Waals surface area (Å²) in [5.41, 5.74) is 4.50. The standard InChI is InChI=1S/C33H38N2O3/c1-22(2)23-14-18-25(19-15-23)34(3)33(37)30-28-12-8-9-13-29(28)32(36)35(26-10-6-5-7-11-26)31(30)24-16-20-27(38-4)21-17-24/h8-9,12-22,26,30-31H,5-7,10-11H2,1-4H3/t30-,31+/m0/s1. The quantitative estimate of drug-likeness (QED) is 0.356. The maximum atomic E-state index is 14.5. The molecule has 1 aliphatic carbocycles. The molecule has 1 heterocycles. The summed E-state index contributed by atoms with van der Waals surface area (Å²) in [5.74, 6) is 0.676. The van der Waals surface area contributed by atoms with E-state index in [2.05, 4.69) is 26.0 Å². The topological polar surface area (TPSA) is 49.9 Å². The number of likely N-dealkylation sites (N-methyl/N-ethyl adjacent to an activating group) is 1. The Morgan fingerprint density at radius 1 is 0.921 bits per heavy atom. The van der Waals surface area contributed by atoms with E-state index in [0.717, 1.165) is 48.2 Å². The predicted octanol–water partition coefficient (Wildman–Crippen LogP) is 7.10. The molecule has 198 valence electrons. The smallest absolute Gasteiger partial charge is 0.254 e. The minimum absolute atomic E-state index is 0.0103. The van der Waals surface area contributed by atoms with Crippen molar-refractivity contribution in [1.29, 1.82) is 0 Å². The molecule has 5 rings (SSSR count). The number of amides is 2. The van der Waals surface area contributed by atoms with E-state index in [1.54, 1.807) is 12.0 Å². The van der Waals surface area contributed by atoms with Crippen LogP contribution in [0.2, 0.25) is 0 Å². The van der Waals surface area contributed by atoms with E-state index in [-0.39, 0.29) is 17.9 Å². The van der Waals surface area contributed by atoms with Crippen molar-refractivity contribution in [1.82, 2.24) is 4.90 Å². The largest absolute Gasteiger partial charge is 0.497 e. The van der Waals surface area contributed by atoms with Gasteiger partial charge in [-0.1, -0.05) is 75.6 Å². The second-order valence-corrected chi connectivity index (χ2v) is 10.9. The molecule has 2 atom stereocenters. The van der Waals surface area contributed by atoms with Crippen LogP contribution in [0.25, 0.3) is 0 Å². The molecule has 0 radical (unpaired) electrons. The molecule has 3 aromatic rings. The average Bonchev–Trinajstić information content (AvgIpc) is 2.97. The van der Waals surface area contributed by atoms with Crippen LogP contribution in [0.5, 0.6) is 5.75 Å². The van der Waals surface area contributed by atoms with Gasteiger partial charge in [0.2, 0.25) is 5.91 Å². The molecule has 1 saturated carbocycles. The number of hydrogen-bond acceptors (Lipinski definition) is 3. The molecule has 38 heavy (non-hydrogen) atoms. The zero-order valence-corrected chi connectivity index (χ0v) is 22.9. The van der Waals surface area contributed by atoms with Crippen molar-refractivity contribution in [3.05, 3.63) is 95.1 Å². The number of rotatable bonds is 6. The summed E-state index contributed by atoms with van der Waals surface area (Å²) in [5, 5.41) is 0. The van der Waals surface area contributed by atoms with E-state index in [0.29, 0.717) is 11.5 Å². The first-order chi connectivity index (χ1) is 18.4. The summed E-state index contributed by atoms with van der Waals surface area (Å²) in [4.78, 5) is 32.4. The van der Waals surface area contributed by atoms with Gasteiger partial charge >= 0.3 is 0 Å². The zero-order valence-electron chi connectivity index (χ0n) is 22.9. The van der Waals surface area contributed by atoms with Crippen molar-refractivity contribution >= 4 is 17.5 Å². The van der Waals surface area contributed by atoms with Gasteiger partial charge in [-0.05, 0) is 65.8 Å². The van der Waals surface area contributed by atoms with Crippen LogP contribution in [-0.2, 0) is 4.79 Å². The van der Waals surface area contributed by atoms with Crippen molar-refractivity contribution in [3.8, 4) is 5.75 Å². The molecule has 0 spiro atoms. The number of carbonyl (C=O) groups is 2. The summed E-state index contributed by atoms with van der Waals surface area (Å²) in [6.45, 7) is 4.33. The number of nitrogens with zero attached hydrogens (tertiary/aromatic N) is 2. The van der Waals surface area contributed by atoms with Crippen LogP contribution in [0.3, 0.4) is 0 Å². The molecule has 3 aromatic carbocycles. The Kier molecular flexibility index (Phi) is 7.55. The third-order valence-corrected chi connectivity index (χ3v) is 8.35. The van der Waals surface area contributed by atoms with Gasteiger partial charge in [-0.2, -0.15) is 0 Å². The molecule has 1 fully saturated rings. The first kappa shape index (κ1) is 26.0. The lowest BCUT2D eigenvalue weighted by Crippen LogP contribution is -2.52. The third kappa shape index (κ3) is 4.82. The van der Waals surface area contributed by atoms with Gasteiger partial charge in [0.25, 0.3) is 5.91 Å². The maximum Gasteiger partial charge on any atom is 0.254 e. The fourth-order valence-corrected chi connectivity index (χ4v) is 6.15. The minimum Gasteiger partial charge on any atom is -0.497 e. The van der Waals surface area contributed by atoms with Crippen LogP contribution in [0, 0.1) is 0 Å². The predicted molar refractivity (Wildman–Crippen MR) is 152 cm³/mol. The number of methoxy groups -OCH3 is 1. The highest BCUT2D eigenvalue weighted by Crippen LogP contribution is 2.47. The fourth-order valence-electron chi connectivity index (χ4n) is 6.15. The van der Waals surface area contributed by atoms with E-state index < -0.39 is 12.0 Å². The zero-order chi connectivity index (χ0) is 26.8. The highest BCUT2D eigenvalue weighted by molar-refractivity contribution is 6.05. The van der Waals surface area contributed by atoms with Crippen LogP contribution in [0.4, 0.5) is 5.69 Å². The lowest BCUT2D eigenvalue weighted by Gasteiger charge is -2.47. The van der Waals surface area contributed by atoms with Gasteiger partial charge in [-0.3, -0.25) is 9.59 Å². The molecule has 0 saturated heterocycles. The van der Waals surface area contributed by atoms with E-state index in [9.17, 15) is 9.59 Å². The van der Waals surface area contributed by atoms with E-state index in [4.69, 9.17) is 4.74 Å². The normalized spacial score (nSPS) is 19.8. The molecule has 2 amide bonds. The Hall–Kier alpha value is -3.60. The molecule has 5 heteroatoms. The van der Waals surface area contributed by atoms with Gasteiger partial charge < -0.3 is 14.5 Å². The summed E-state index contributed by atoms with van der Waals surface area (Å²) in [7, 11) is 3.50. The van der Waals surface area contributed by atoms with E-state index >= 15 is 0 Å². The van der Waals surface area contributed by atoms with Crippen LogP contribution in [-0.4, -0.2) is 36.9 Å². The Bertz CT molecular complexity index is 1280. The Morgan fingerprint density at radius 2 is 1.58 bits per heavy atom. The number of anilines is 1. The first-order valence-electron chi connectivity index (χ1n) is 13.8. The fraction of sp³-hybridized carbons (Fsp3) is 0.394. The van der Waals surface area contributed by atoms with Gasteiger partial charge in [-0.25, -0.2) is 0 Å². The molecule has 1 aliphatic heterocycles. The Labute approximate surface area is 226 Å². The number of hydrogen-bond donors (Lipinski definition) is 0. The van der Waals surface area contributed by atoms with E-state index in [1.807, 2.05) is 72.6 Å². The van der Waals surface area contributed by atoms with Gasteiger partial charge in [0.1, 0.15) is 5.75 Å². The number of ether oxygens (including phenoxy) is 1. The van der Waals surface area contributed by atoms with Gasteiger partial charge in [0.15, 0.2) is 0 Å². The number of carbonyl (C=O) groups excluding carboxylic acids is 2.